The molecule has 31 heavy (non-hydrogen) atoms. The van der Waals surface area contributed by atoms with Crippen molar-refractivity contribution in [1.29, 1.82) is 10.8 Å². The van der Waals surface area contributed by atoms with Crippen LogP contribution in [0.5, 0.6) is 5.75 Å². The summed E-state index contributed by atoms with van der Waals surface area (Å²) < 4.78 is 5.64. The molecule has 170 valence electrons. The van der Waals surface area contributed by atoms with Crippen LogP contribution >= 0.6 is 11.8 Å². The summed E-state index contributed by atoms with van der Waals surface area (Å²) in [6, 6.07) is 7.12. The average molecular weight is 446 g/mol. The van der Waals surface area contributed by atoms with Crippen molar-refractivity contribution in [3.8, 4) is 5.75 Å². The molecule has 0 saturated carbocycles. The van der Waals surface area contributed by atoms with E-state index in [1.807, 2.05) is 12.3 Å². The van der Waals surface area contributed by atoms with Crippen molar-refractivity contribution in [3.05, 3.63) is 52.3 Å². The monoisotopic (exact) mass is 445 g/mol. The zero-order chi connectivity index (χ0) is 23.1. The number of amidine groups is 2. The third-order valence-electron chi connectivity index (χ3n) is 4.28. The van der Waals surface area contributed by atoms with E-state index < -0.39 is 0 Å². The van der Waals surface area contributed by atoms with Crippen molar-refractivity contribution >= 4 is 29.4 Å². The normalized spacial score (nSPS) is 11.8. The molecule has 0 bridgehead atoms. The Bertz CT molecular complexity index is 788. The summed E-state index contributed by atoms with van der Waals surface area (Å²) in [4.78, 5) is 5.38. The maximum absolute atomic E-state index is 7.37. The van der Waals surface area contributed by atoms with Gasteiger partial charge in [0.2, 0.25) is 0 Å². The third-order valence-corrected chi connectivity index (χ3v) is 5.29. The number of nitrogens with one attached hydrogen (secondary N) is 3. The maximum Gasteiger partial charge on any atom is 0.188 e. The smallest absolute Gasteiger partial charge is 0.188 e. The lowest BCUT2D eigenvalue weighted by molar-refractivity contribution is 0.313. The van der Waals surface area contributed by atoms with Gasteiger partial charge in [-0.05, 0) is 66.3 Å². The summed E-state index contributed by atoms with van der Waals surface area (Å²) in [6.07, 6.45) is 4.84. The molecule has 0 aliphatic carbocycles. The molecule has 1 aromatic carbocycles. The van der Waals surface area contributed by atoms with Crippen molar-refractivity contribution in [3.63, 3.8) is 0 Å². The fourth-order valence-corrected chi connectivity index (χ4v) is 3.11. The molecule has 1 rings (SSSR count). The van der Waals surface area contributed by atoms with Crippen LogP contribution in [0.25, 0.3) is 0 Å². The van der Waals surface area contributed by atoms with Crippen molar-refractivity contribution in [1.82, 2.24) is 5.32 Å². The predicted octanol–water partition coefficient (Wildman–Crippen LogP) is 3.29. The van der Waals surface area contributed by atoms with Gasteiger partial charge in [0.15, 0.2) is 5.96 Å². The quantitative estimate of drug-likeness (QED) is 0.138. The number of benzene rings is 1. The van der Waals surface area contributed by atoms with Gasteiger partial charge in [-0.3, -0.25) is 15.8 Å². The number of hydrogen-bond acceptors (Lipinski definition) is 5. The number of guanidine groups is 1. The lowest BCUT2D eigenvalue weighted by atomic mass is 10.2. The van der Waals surface area contributed by atoms with Crippen molar-refractivity contribution < 1.29 is 4.74 Å². The van der Waals surface area contributed by atoms with E-state index in [9.17, 15) is 0 Å². The van der Waals surface area contributed by atoms with E-state index in [0.717, 1.165) is 54.9 Å². The standard InChI is InChI=1S/C22H35N7OS/c1-16(20(23)24)15-31-17(2)7-4-3-5-12-28-22(27)29-13-6-14-30-19-10-8-18(9-11-19)21(25)26/h8-11,15H,2-7,12-14H2,1H3,(H3,23,24)(H3,25,26)(H3,27,28,29)/b16-15+. The highest BCUT2D eigenvalue weighted by Gasteiger charge is 1.99. The zero-order valence-electron chi connectivity index (χ0n) is 18.2. The molecule has 8 nitrogen and oxygen atoms in total. The van der Waals surface area contributed by atoms with E-state index >= 15 is 0 Å². The Kier molecular flexibility index (Phi) is 12.6. The second-order valence-electron chi connectivity index (χ2n) is 7.02. The molecular formula is C22H35N7OS. The average Bonchev–Trinajstić information content (AvgIpc) is 2.74. The predicted molar refractivity (Wildman–Crippen MR) is 133 cm³/mol. The van der Waals surface area contributed by atoms with E-state index in [0.29, 0.717) is 24.7 Å². The third kappa shape index (κ3) is 12.4. The Balaban J connectivity index is 2.06. The molecule has 0 unspecified atom stereocenters. The first-order valence-corrected chi connectivity index (χ1v) is 11.1. The van der Waals surface area contributed by atoms with E-state index in [4.69, 9.17) is 32.8 Å². The summed E-state index contributed by atoms with van der Waals surface area (Å²) in [5, 5.41) is 19.7. The summed E-state index contributed by atoms with van der Waals surface area (Å²) in [5.41, 5.74) is 18.2. The second-order valence-corrected chi connectivity index (χ2v) is 8.06. The Morgan fingerprint density at radius 1 is 1.13 bits per heavy atom. The number of thioether (sulfide) groups is 1. The molecule has 0 saturated heterocycles. The number of rotatable bonds is 15. The first-order chi connectivity index (χ1) is 14.8. The Morgan fingerprint density at radius 2 is 1.84 bits per heavy atom. The van der Waals surface area contributed by atoms with Gasteiger partial charge >= 0.3 is 0 Å². The highest BCUT2D eigenvalue weighted by molar-refractivity contribution is 8.05. The van der Waals surface area contributed by atoms with Gasteiger partial charge in [-0.1, -0.05) is 13.0 Å². The summed E-state index contributed by atoms with van der Waals surface area (Å²) in [7, 11) is 0. The number of nitrogens with two attached hydrogens (primary N) is 3. The van der Waals surface area contributed by atoms with Gasteiger partial charge in [-0.15, -0.1) is 11.8 Å². The van der Waals surface area contributed by atoms with Crippen molar-refractivity contribution in [2.24, 2.45) is 22.2 Å². The van der Waals surface area contributed by atoms with Crippen LogP contribution in [0.1, 0.15) is 44.6 Å². The van der Waals surface area contributed by atoms with Crippen LogP contribution in [-0.2, 0) is 0 Å². The Labute approximate surface area is 189 Å². The van der Waals surface area contributed by atoms with Crippen molar-refractivity contribution in [2.45, 2.75) is 39.0 Å². The topological polar surface area (TPSA) is 159 Å². The largest absolute Gasteiger partial charge is 0.494 e. The molecule has 0 aliphatic heterocycles. The fraction of sp³-hybridized carbons (Fsp3) is 0.409. The first-order valence-electron chi connectivity index (χ1n) is 10.3. The van der Waals surface area contributed by atoms with Gasteiger partial charge in [0.25, 0.3) is 0 Å². The van der Waals surface area contributed by atoms with Crippen LogP contribution in [0.4, 0.5) is 0 Å². The van der Waals surface area contributed by atoms with Crippen LogP contribution in [0.15, 0.2) is 51.7 Å². The Morgan fingerprint density at radius 3 is 2.48 bits per heavy atom. The molecule has 9 N–H and O–H groups in total. The number of nitrogens with zero attached hydrogens (tertiary/aromatic N) is 1. The first kappa shape index (κ1) is 26.1. The number of allylic oxidation sites excluding steroid dienone is 1. The fourth-order valence-electron chi connectivity index (χ4n) is 2.38. The van der Waals surface area contributed by atoms with Gasteiger partial charge in [-0.25, -0.2) is 0 Å². The molecule has 0 aliphatic rings. The van der Waals surface area contributed by atoms with Gasteiger partial charge in [0.1, 0.15) is 17.4 Å². The molecule has 0 atom stereocenters. The SMILES string of the molecule is C=C(CCCCCNC(N)=NCCCOc1ccc(C(=N)N)cc1)S/C=C(\C)C(=N)N. The van der Waals surface area contributed by atoms with Gasteiger partial charge < -0.3 is 27.3 Å². The minimum absolute atomic E-state index is 0.0435. The number of aliphatic imine (C=N–C) groups is 1. The van der Waals surface area contributed by atoms with E-state index in [-0.39, 0.29) is 11.7 Å². The van der Waals surface area contributed by atoms with Crippen LogP contribution in [-0.4, -0.2) is 37.3 Å². The molecule has 0 aromatic heterocycles. The van der Waals surface area contributed by atoms with E-state index in [1.54, 1.807) is 24.3 Å². The molecule has 1 aromatic rings. The van der Waals surface area contributed by atoms with Crippen LogP contribution in [0.3, 0.4) is 0 Å². The lowest BCUT2D eigenvalue weighted by Crippen LogP contribution is -2.32. The minimum Gasteiger partial charge on any atom is -0.494 e. The molecule has 0 spiro atoms. The maximum atomic E-state index is 7.37. The zero-order valence-corrected chi connectivity index (χ0v) is 19.1. The number of unbranched alkanes of at least 4 members (excludes halogenated alkanes) is 2. The molecular weight excluding hydrogens is 410 g/mol. The second kappa shape index (κ2) is 15.0. The summed E-state index contributed by atoms with van der Waals surface area (Å²) in [6.45, 7) is 7.78. The summed E-state index contributed by atoms with van der Waals surface area (Å²) >= 11 is 1.54. The molecule has 0 amide bonds. The van der Waals surface area contributed by atoms with Crippen molar-refractivity contribution in [2.75, 3.05) is 19.7 Å². The number of nitrogen functional groups attached to an aromatic ring is 1. The van der Waals surface area contributed by atoms with E-state index in [2.05, 4.69) is 16.9 Å². The highest BCUT2D eigenvalue weighted by Crippen LogP contribution is 2.22. The molecule has 9 heteroatoms. The van der Waals surface area contributed by atoms with Crippen LogP contribution < -0.4 is 27.3 Å². The number of hydrogen-bond donors (Lipinski definition) is 6. The summed E-state index contributed by atoms with van der Waals surface area (Å²) in [5.74, 6) is 1.34. The minimum atomic E-state index is 0.0435. The van der Waals surface area contributed by atoms with E-state index in [1.165, 1.54) is 11.8 Å². The van der Waals surface area contributed by atoms with Crippen LogP contribution in [0.2, 0.25) is 0 Å². The molecule has 0 radical (unpaired) electrons. The molecule has 0 fully saturated rings. The van der Waals surface area contributed by atoms with Gasteiger partial charge in [-0.2, -0.15) is 0 Å². The van der Waals surface area contributed by atoms with Gasteiger partial charge in [0.05, 0.1) is 6.61 Å². The number of ether oxygens (including phenoxy) is 1. The van der Waals surface area contributed by atoms with Gasteiger partial charge in [0, 0.05) is 25.1 Å². The van der Waals surface area contributed by atoms with Crippen LogP contribution in [0, 0.1) is 10.8 Å². The highest BCUT2D eigenvalue weighted by atomic mass is 32.2. The lowest BCUT2D eigenvalue weighted by Gasteiger charge is -2.07. The molecule has 0 heterocycles. The Hall–Kier alpha value is -2.94.